The fraction of sp³-hybridized carbons (Fsp3) is 0.0526. The number of aryl methyl sites for hydroxylation is 1. The number of hydrogen-bond acceptors (Lipinski definition) is 2. The molecule has 0 aliphatic rings. The first kappa shape index (κ1) is 13.5. The predicted octanol–water partition coefficient (Wildman–Crippen LogP) is 3.69. The van der Waals surface area contributed by atoms with Crippen molar-refractivity contribution in [1.82, 2.24) is 14.8 Å². The normalized spacial score (nSPS) is 11.0. The molecule has 0 bridgehead atoms. The zero-order valence-electron chi connectivity index (χ0n) is 12.7. The largest absolute Gasteiger partial charge is 0.281 e. The fourth-order valence-electron chi connectivity index (χ4n) is 2.84. The van der Waals surface area contributed by atoms with Gasteiger partial charge in [0.1, 0.15) is 0 Å². The highest BCUT2D eigenvalue weighted by atomic mass is 16.1. The minimum Gasteiger partial charge on any atom is -0.274 e. The van der Waals surface area contributed by atoms with E-state index in [2.05, 4.69) is 10.1 Å². The molecule has 2 aromatic carbocycles. The van der Waals surface area contributed by atoms with E-state index in [1.54, 1.807) is 4.68 Å². The maximum Gasteiger partial charge on any atom is 0.281 e. The number of nitrogens with one attached hydrogen (secondary N) is 1. The lowest BCUT2D eigenvalue weighted by Gasteiger charge is -2.03. The predicted molar refractivity (Wildman–Crippen MR) is 91.9 cm³/mol. The van der Waals surface area contributed by atoms with Crippen molar-refractivity contribution in [2.45, 2.75) is 6.92 Å². The lowest BCUT2D eigenvalue weighted by atomic mass is 10.0. The minimum atomic E-state index is -0.0856. The van der Waals surface area contributed by atoms with E-state index in [-0.39, 0.29) is 5.56 Å². The maximum absolute atomic E-state index is 12.9. The van der Waals surface area contributed by atoms with Crippen LogP contribution in [0.4, 0.5) is 0 Å². The van der Waals surface area contributed by atoms with Crippen LogP contribution in [0.15, 0.2) is 71.5 Å². The molecule has 4 rings (SSSR count). The maximum atomic E-state index is 12.9. The number of aromatic amines is 1. The molecule has 23 heavy (non-hydrogen) atoms. The van der Waals surface area contributed by atoms with Crippen LogP contribution >= 0.6 is 0 Å². The third-order valence-corrected chi connectivity index (χ3v) is 3.88. The average Bonchev–Trinajstić information content (AvgIpc) is 2.92. The van der Waals surface area contributed by atoms with Crippen LogP contribution < -0.4 is 5.56 Å². The summed E-state index contributed by atoms with van der Waals surface area (Å²) < 4.78 is 1.55. The van der Waals surface area contributed by atoms with Crippen LogP contribution in [0.3, 0.4) is 0 Å². The number of aromatic nitrogens is 3. The van der Waals surface area contributed by atoms with Crippen LogP contribution in [0.25, 0.3) is 27.8 Å². The topological polar surface area (TPSA) is 50.7 Å². The smallest absolute Gasteiger partial charge is 0.274 e. The van der Waals surface area contributed by atoms with Gasteiger partial charge in [-0.25, -0.2) is 9.67 Å². The van der Waals surface area contributed by atoms with Crippen LogP contribution in [-0.4, -0.2) is 14.8 Å². The summed E-state index contributed by atoms with van der Waals surface area (Å²) in [7, 11) is 0. The molecule has 0 atom stereocenters. The molecule has 4 aromatic rings. The van der Waals surface area contributed by atoms with Crippen molar-refractivity contribution in [3.8, 4) is 16.8 Å². The zero-order valence-corrected chi connectivity index (χ0v) is 12.7. The summed E-state index contributed by atoms with van der Waals surface area (Å²) in [5.74, 6) is 0. The molecule has 0 unspecified atom stereocenters. The molecule has 0 aliphatic carbocycles. The second-order valence-corrected chi connectivity index (χ2v) is 5.49. The van der Waals surface area contributed by atoms with Gasteiger partial charge < -0.3 is 0 Å². The number of benzene rings is 2. The monoisotopic (exact) mass is 301 g/mol. The van der Waals surface area contributed by atoms with Crippen molar-refractivity contribution in [2.24, 2.45) is 0 Å². The molecular formula is C19H15N3O. The van der Waals surface area contributed by atoms with Crippen molar-refractivity contribution in [3.63, 3.8) is 0 Å². The van der Waals surface area contributed by atoms with Gasteiger partial charge in [-0.05, 0) is 30.7 Å². The number of H-pyrrole nitrogens is 1. The second-order valence-electron chi connectivity index (χ2n) is 5.49. The summed E-state index contributed by atoms with van der Waals surface area (Å²) in [6.07, 6.45) is 0. The van der Waals surface area contributed by atoms with E-state index < -0.39 is 0 Å². The molecule has 0 saturated heterocycles. The summed E-state index contributed by atoms with van der Waals surface area (Å²) in [4.78, 5) is 17.4. The zero-order chi connectivity index (χ0) is 15.8. The van der Waals surface area contributed by atoms with E-state index in [9.17, 15) is 4.79 Å². The number of rotatable bonds is 2. The molecule has 0 spiro atoms. The second kappa shape index (κ2) is 5.25. The number of para-hydroxylation sites is 1. The Hall–Kier alpha value is -3.14. The van der Waals surface area contributed by atoms with Gasteiger partial charge in [-0.15, -0.1) is 0 Å². The molecule has 0 aliphatic heterocycles. The first-order valence-electron chi connectivity index (χ1n) is 7.47. The third-order valence-electron chi connectivity index (χ3n) is 3.88. The van der Waals surface area contributed by atoms with Gasteiger partial charge in [-0.2, -0.15) is 0 Å². The van der Waals surface area contributed by atoms with Crippen molar-refractivity contribution < 1.29 is 0 Å². The van der Waals surface area contributed by atoms with Crippen LogP contribution in [0, 0.1) is 6.92 Å². The molecule has 0 radical (unpaired) electrons. The number of nitrogens with zero attached hydrogens (tertiary/aromatic N) is 2. The Bertz CT molecular complexity index is 1030. The van der Waals surface area contributed by atoms with Gasteiger partial charge in [0.25, 0.3) is 5.56 Å². The van der Waals surface area contributed by atoms with E-state index >= 15 is 0 Å². The van der Waals surface area contributed by atoms with E-state index in [4.69, 9.17) is 0 Å². The van der Waals surface area contributed by atoms with Crippen LogP contribution in [0.2, 0.25) is 0 Å². The first-order valence-corrected chi connectivity index (χ1v) is 7.47. The third kappa shape index (κ3) is 2.25. The molecule has 2 aromatic heterocycles. The molecule has 0 saturated carbocycles. The molecule has 1 N–H and O–H groups in total. The van der Waals surface area contributed by atoms with Gasteiger partial charge in [0.15, 0.2) is 5.65 Å². The van der Waals surface area contributed by atoms with Gasteiger partial charge in [-0.1, -0.05) is 48.5 Å². The Labute approximate surface area is 133 Å². The summed E-state index contributed by atoms with van der Waals surface area (Å²) >= 11 is 0. The summed E-state index contributed by atoms with van der Waals surface area (Å²) in [5.41, 5.74) is 4.11. The first-order chi connectivity index (χ1) is 11.2. The Morgan fingerprint density at radius 3 is 2.30 bits per heavy atom. The van der Waals surface area contributed by atoms with Gasteiger partial charge in [-0.3, -0.25) is 9.89 Å². The number of hydrogen-bond donors (Lipinski definition) is 1. The summed E-state index contributed by atoms with van der Waals surface area (Å²) in [6, 6.07) is 21.4. The van der Waals surface area contributed by atoms with Crippen molar-refractivity contribution >= 4 is 11.0 Å². The molecular weight excluding hydrogens is 286 g/mol. The van der Waals surface area contributed by atoms with Crippen molar-refractivity contribution in [1.29, 1.82) is 0 Å². The Morgan fingerprint density at radius 1 is 0.957 bits per heavy atom. The summed E-state index contributed by atoms with van der Waals surface area (Å²) in [6.45, 7) is 1.93. The van der Waals surface area contributed by atoms with E-state index in [1.165, 1.54) is 0 Å². The van der Waals surface area contributed by atoms with Crippen LogP contribution in [-0.2, 0) is 0 Å². The summed E-state index contributed by atoms with van der Waals surface area (Å²) in [5, 5.41) is 3.74. The lowest BCUT2D eigenvalue weighted by molar-refractivity contribution is 0.857. The van der Waals surface area contributed by atoms with Crippen LogP contribution in [0.5, 0.6) is 0 Å². The Kier molecular flexibility index (Phi) is 3.08. The Balaban J connectivity index is 2.06. The molecule has 112 valence electrons. The molecule has 0 amide bonds. The Morgan fingerprint density at radius 2 is 1.61 bits per heavy atom. The molecule has 4 heteroatoms. The number of fused-ring (bicyclic) bond motifs is 1. The minimum absolute atomic E-state index is 0.0856. The SMILES string of the molecule is Cc1cc(-c2ccccc2)c2c(=O)n(-c3ccccc3)[nH]c2n1. The van der Waals surface area contributed by atoms with Crippen molar-refractivity contribution in [3.05, 3.63) is 82.8 Å². The molecule has 2 heterocycles. The van der Waals surface area contributed by atoms with Gasteiger partial charge in [0.2, 0.25) is 0 Å². The number of pyridine rings is 1. The standard InChI is InChI=1S/C19H15N3O/c1-13-12-16(14-8-4-2-5-9-14)17-18(20-13)21-22(19(17)23)15-10-6-3-7-11-15/h2-12H,1H3,(H,20,21). The highest BCUT2D eigenvalue weighted by molar-refractivity contribution is 5.92. The lowest BCUT2D eigenvalue weighted by Crippen LogP contribution is -2.14. The molecule has 0 fully saturated rings. The van der Waals surface area contributed by atoms with E-state index in [1.807, 2.05) is 73.7 Å². The highest BCUT2D eigenvalue weighted by Crippen LogP contribution is 2.26. The highest BCUT2D eigenvalue weighted by Gasteiger charge is 2.15. The van der Waals surface area contributed by atoms with Crippen LogP contribution in [0.1, 0.15) is 5.69 Å². The average molecular weight is 301 g/mol. The van der Waals surface area contributed by atoms with Gasteiger partial charge in [0, 0.05) is 11.3 Å². The fourth-order valence-corrected chi connectivity index (χ4v) is 2.84. The van der Waals surface area contributed by atoms with Gasteiger partial charge in [0.05, 0.1) is 11.1 Å². The molecule has 4 nitrogen and oxygen atoms in total. The van der Waals surface area contributed by atoms with E-state index in [0.717, 1.165) is 22.5 Å². The van der Waals surface area contributed by atoms with Gasteiger partial charge >= 0.3 is 0 Å². The van der Waals surface area contributed by atoms with Crippen molar-refractivity contribution in [2.75, 3.05) is 0 Å². The quantitative estimate of drug-likeness (QED) is 0.614. The van der Waals surface area contributed by atoms with E-state index in [0.29, 0.717) is 11.0 Å².